The lowest BCUT2D eigenvalue weighted by Gasteiger charge is -2.55. The van der Waals surface area contributed by atoms with Crippen LogP contribution in [0.2, 0.25) is 0 Å². The maximum Gasteiger partial charge on any atom is 0.305 e. The quantitative estimate of drug-likeness (QED) is 0.818. The molecule has 0 radical (unpaired) electrons. The van der Waals surface area contributed by atoms with Crippen LogP contribution in [0.5, 0.6) is 0 Å². The first-order valence-corrected chi connectivity index (χ1v) is 7.82. The second kappa shape index (κ2) is 5.06. The smallest absolute Gasteiger partial charge is 0.305 e. The van der Waals surface area contributed by atoms with E-state index in [9.17, 15) is 4.79 Å². The number of nitrogens with zero attached hydrogens (tertiary/aromatic N) is 1. The molecular weight excluding hydrogens is 240 g/mol. The van der Waals surface area contributed by atoms with Gasteiger partial charge in [-0.3, -0.25) is 9.69 Å². The number of piperidine rings is 1. The van der Waals surface area contributed by atoms with Crippen LogP contribution in [0.25, 0.3) is 0 Å². The highest BCUT2D eigenvalue weighted by Crippen LogP contribution is 2.46. The Balaban J connectivity index is 1.61. The molecule has 2 saturated heterocycles. The molecule has 0 aromatic heterocycles. The summed E-state index contributed by atoms with van der Waals surface area (Å²) in [6.45, 7) is 3.92. The van der Waals surface area contributed by atoms with Crippen LogP contribution in [0.3, 0.4) is 0 Å². The Morgan fingerprint density at radius 3 is 2.16 bits per heavy atom. The molecule has 19 heavy (non-hydrogen) atoms. The van der Waals surface area contributed by atoms with E-state index >= 15 is 0 Å². The van der Waals surface area contributed by atoms with Gasteiger partial charge >= 0.3 is 5.97 Å². The van der Waals surface area contributed by atoms with E-state index in [1.165, 1.54) is 44.9 Å². The molecular formula is C15H26N2O2. The Morgan fingerprint density at radius 1 is 1.05 bits per heavy atom. The minimum Gasteiger partial charge on any atom is -0.481 e. The molecule has 0 unspecified atom stereocenters. The average Bonchev–Trinajstić information content (AvgIpc) is 2.36. The summed E-state index contributed by atoms with van der Waals surface area (Å²) in [5.74, 6) is -0.653. The molecule has 0 aromatic carbocycles. The van der Waals surface area contributed by atoms with Crippen molar-refractivity contribution < 1.29 is 9.90 Å². The van der Waals surface area contributed by atoms with E-state index in [-0.39, 0.29) is 5.54 Å². The monoisotopic (exact) mass is 266 g/mol. The summed E-state index contributed by atoms with van der Waals surface area (Å²) in [6.07, 6.45) is 9.91. The van der Waals surface area contributed by atoms with Crippen molar-refractivity contribution in [2.24, 2.45) is 5.41 Å². The fourth-order valence-electron chi connectivity index (χ4n) is 4.41. The number of aliphatic carboxylic acids is 1. The molecule has 0 atom stereocenters. The lowest BCUT2D eigenvalue weighted by atomic mass is 9.67. The lowest BCUT2D eigenvalue weighted by molar-refractivity contribution is -0.142. The van der Waals surface area contributed by atoms with Crippen molar-refractivity contribution in [2.45, 2.75) is 56.9 Å². The van der Waals surface area contributed by atoms with Gasteiger partial charge in [0.25, 0.3) is 0 Å². The summed E-state index contributed by atoms with van der Waals surface area (Å²) in [6, 6.07) is 0. The summed E-state index contributed by atoms with van der Waals surface area (Å²) >= 11 is 0. The van der Waals surface area contributed by atoms with Crippen molar-refractivity contribution in [3.05, 3.63) is 0 Å². The third-order valence-electron chi connectivity index (χ3n) is 5.80. The maximum atomic E-state index is 11.1. The van der Waals surface area contributed by atoms with Gasteiger partial charge in [-0.2, -0.15) is 0 Å². The van der Waals surface area contributed by atoms with Gasteiger partial charge in [0.15, 0.2) is 0 Å². The van der Waals surface area contributed by atoms with Gasteiger partial charge < -0.3 is 10.4 Å². The molecule has 1 spiro atoms. The molecule has 0 amide bonds. The fourth-order valence-corrected chi connectivity index (χ4v) is 4.41. The SMILES string of the molecule is O=C(O)CC1(N2CCC3(CCCCC3)CC2)CNC1. The first kappa shape index (κ1) is 13.4. The van der Waals surface area contributed by atoms with Crippen LogP contribution in [0, 0.1) is 5.41 Å². The summed E-state index contributed by atoms with van der Waals surface area (Å²) in [4.78, 5) is 13.6. The van der Waals surface area contributed by atoms with Crippen molar-refractivity contribution in [2.75, 3.05) is 26.2 Å². The van der Waals surface area contributed by atoms with Crippen molar-refractivity contribution in [1.29, 1.82) is 0 Å². The molecule has 108 valence electrons. The van der Waals surface area contributed by atoms with E-state index in [2.05, 4.69) is 10.2 Å². The molecule has 2 heterocycles. The highest BCUT2D eigenvalue weighted by Gasteiger charge is 2.47. The van der Waals surface area contributed by atoms with Crippen LogP contribution in [-0.2, 0) is 4.79 Å². The number of hydrogen-bond acceptors (Lipinski definition) is 3. The Hall–Kier alpha value is -0.610. The summed E-state index contributed by atoms with van der Waals surface area (Å²) < 4.78 is 0. The van der Waals surface area contributed by atoms with Gasteiger partial charge in [-0.1, -0.05) is 19.3 Å². The topological polar surface area (TPSA) is 52.6 Å². The average molecular weight is 266 g/mol. The van der Waals surface area contributed by atoms with Gasteiger partial charge in [0.05, 0.1) is 12.0 Å². The van der Waals surface area contributed by atoms with E-state index in [0.29, 0.717) is 11.8 Å². The maximum absolute atomic E-state index is 11.1. The van der Waals surface area contributed by atoms with Crippen LogP contribution in [-0.4, -0.2) is 47.7 Å². The molecule has 0 aromatic rings. The van der Waals surface area contributed by atoms with Crippen LogP contribution in [0.15, 0.2) is 0 Å². The Bertz CT molecular complexity index is 336. The number of carboxylic acid groups (broad SMARTS) is 1. The highest BCUT2D eigenvalue weighted by molar-refractivity contribution is 5.68. The molecule has 3 rings (SSSR count). The predicted molar refractivity (Wildman–Crippen MR) is 74.2 cm³/mol. The number of likely N-dealkylation sites (tertiary alicyclic amines) is 1. The standard InChI is InChI=1S/C15H26N2O2/c18-13(19)10-15(11-16-12-15)17-8-6-14(7-9-17)4-2-1-3-5-14/h16H,1-12H2,(H,18,19). The molecule has 3 fully saturated rings. The number of carbonyl (C=O) groups is 1. The van der Waals surface area contributed by atoms with E-state index in [1.807, 2.05) is 0 Å². The van der Waals surface area contributed by atoms with Gasteiger partial charge in [-0.05, 0) is 44.2 Å². The Kier molecular flexibility index (Phi) is 3.56. The normalized spacial score (nSPS) is 29.9. The summed E-state index contributed by atoms with van der Waals surface area (Å²) in [7, 11) is 0. The van der Waals surface area contributed by atoms with E-state index in [1.54, 1.807) is 0 Å². The Morgan fingerprint density at radius 2 is 1.68 bits per heavy atom. The number of rotatable bonds is 3. The third kappa shape index (κ3) is 2.52. The van der Waals surface area contributed by atoms with Gasteiger partial charge in [-0.25, -0.2) is 0 Å². The molecule has 0 bridgehead atoms. The van der Waals surface area contributed by atoms with Crippen molar-refractivity contribution in [3.8, 4) is 0 Å². The first-order valence-electron chi connectivity index (χ1n) is 7.82. The summed E-state index contributed by atoms with van der Waals surface area (Å²) in [5.41, 5.74) is 0.526. The van der Waals surface area contributed by atoms with Gasteiger partial charge in [0, 0.05) is 13.1 Å². The molecule has 4 heteroatoms. The van der Waals surface area contributed by atoms with Crippen molar-refractivity contribution >= 4 is 5.97 Å². The van der Waals surface area contributed by atoms with E-state index < -0.39 is 5.97 Å². The fraction of sp³-hybridized carbons (Fsp3) is 0.933. The molecule has 2 aliphatic heterocycles. The zero-order chi connectivity index (χ0) is 13.3. The van der Waals surface area contributed by atoms with Crippen LogP contribution in [0.1, 0.15) is 51.4 Å². The second-order valence-corrected chi connectivity index (χ2v) is 6.95. The van der Waals surface area contributed by atoms with Crippen molar-refractivity contribution in [3.63, 3.8) is 0 Å². The van der Waals surface area contributed by atoms with Crippen LogP contribution < -0.4 is 5.32 Å². The first-order chi connectivity index (χ1) is 9.14. The minimum atomic E-state index is -0.653. The highest BCUT2D eigenvalue weighted by atomic mass is 16.4. The zero-order valence-corrected chi connectivity index (χ0v) is 11.8. The third-order valence-corrected chi connectivity index (χ3v) is 5.80. The largest absolute Gasteiger partial charge is 0.481 e. The van der Waals surface area contributed by atoms with E-state index in [4.69, 9.17) is 5.11 Å². The number of hydrogen-bond donors (Lipinski definition) is 2. The molecule has 3 aliphatic rings. The van der Waals surface area contributed by atoms with Crippen LogP contribution in [0.4, 0.5) is 0 Å². The molecule has 4 nitrogen and oxygen atoms in total. The number of nitrogens with one attached hydrogen (secondary N) is 1. The minimum absolute atomic E-state index is 0.0812. The molecule has 1 aliphatic carbocycles. The molecule has 2 N–H and O–H groups in total. The second-order valence-electron chi connectivity index (χ2n) is 6.95. The van der Waals surface area contributed by atoms with Gasteiger partial charge in [-0.15, -0.1) is 0 Å². The van der Waals surface area contributed by atoms with Crippen LogP contribution >= 0.6 is 0 Å². The van der Waals surface area contributed by atoms with Gasteiger partial charge in [0.2, 0.25) is 0 Å². The lowest BCUT2D eigenvalue weighted by Crippen LogP contribution is -2.71. The van der Waals surface area contributed by atoms with E-state index in [0.717, 1.165) is 26.2 Å². The predicted octanol–water partition coefficient (Wildman–Crippen LogP) is 1.85. The molecule has 1 saturated carbocycles. The summed E-state index contributed by atoms with van der Waals surface area (Å²) in [5, 5.41) is 12.4. The van der Waals surface area contributed by atoms with Gasteiger partial charge in [0.1, 0.15) is 0 Å². The zero-order valence-electron chi connectivity index (χ0n) is 11.8. The van der Waals surface area contributed by atoms with Crippen molar-refractivity contribution in [1.82, 2.24) is 10.2 Å². The number of carboxylic acids is 1. The Labute approximate surface area is 115 Å².